The first-order valence-corrected chi connectivity index (χ1v) is 16.0. The molecule has 0 radical (unpaired) electrons. The van der Waals surface area contributed by atoms with Gasteiger partial charge in [-0.1, -0.05) is 47.6 Å². The molecule has 2 aromatic heterocycles. The zero-order valence-electron chi connectivity index (χ0n) is 24.3. The Bertz CT molecular complexity index is 1170. The number of carboxylic acid groups (broad SMARTS) is 2. The predicted molar refractivity (Wildman–Crippen MR) is 166 cm³/mol. The maximum atomic E-state index is 11.5. The summed E-state index contributed by atoms with van der Waals surface area (Å²) in [6.45, 7) is 5.91. The van der Waals surface area contributed by atoms with Gasteiger partial charge in [-0.15, -0.1) is 0 Å². The van der Waals surface area contributed by atoms with Crippen LogP contribution in [0.15, 0.2) is 36.4 Å². The molecule has 13 heteroatoms. The molecular formula is C30H41IN4O8. The molecule has 0 aromatic carbocycles. The molecule has 4 rings (SSSR count). The minimum Gasteiger partial charge on any atom is -0.477 e. The van der Waals surface area contributed by atoms with E-state index in [2.05, 4.69) is 42.4 Å². The summed E-state index contributed by atoms with van der Waals surface area (Å²) in [5.41, 5.74) is 1.42. The third-order valence-electron chi connectivity index (χ3n) is 7.50. The summed E-state index contributed by atoms with van der Waals surface area (Å²) < 4.78 is 24.4. The number of nitrogens with zero attached hydrogens (tertiary/aromatic N) is 4. The second kappa shape index (κ2) is 17.9. The van der Waals surface area contributed by atoms with E-state index in [9.17, 15) is 19.8 Å². The van der Waals surface area contributed by atoms with Crippen LogP contribution in [0.3, 0.4) is 0 Å². The number of hydrogen-bond donors (Lipinski definition) is 2. The lowest BCUT2D eigenvalue weighted by molar-refractivity contribution is -0.0992. The number of carboxylic acids is 2. The molecule has 2 fully saturated rings. The fourth-order valence-corrected chi connectivity index (χ4v) is 6.11. The highest BCUT2D eigenvalue weighted by molar-refractivity contribution is 14.1. The summed E-state index contributed by atoms with van der Waals surface area (Å²) in [6, 6.07) is 10.1. The molecule has 0 amide bonds. The van der Waals surface area contributed by atoms with E-state index in [-0.39, 0.29) is 27.6 Å². The molecule has 1 saturated heterocycles. The Kier molecular flexibility index (Phi) is 14.0. The molecule has 43 heavy (non-hydrogen) atoms. The zero-order chi connectivity index (χ0) is 30.4. The Hall–Kier alpha value is -2.27. The molecule has 2 aromatic rings. The Morgan fingerprint density at radius 2 is 1.35 bits per heavy atom. The van der Waals surface area contributed by atoms with E-state index in [4.69, 9.17) is 18.9 Å². The van der Waals surface area contributed by atoms with Crippen LogP contribution in [0.25, 0.3) is 0 Å². The van der Waals surface area contributed by atoms with Gasteiger partial charge in [0.15, 0.2) is 0 Å². The van der Waals surface area contributed by atoms with Crippen LogP contribution in [-0.2, 0) is 25.5 Å². The van der Waals surface area contributed by atoms with E-state index >= 15 is 0 Å². The monoisotopic (exact) mass is 712 g/mol. The number of halogens is 1. The molecule has 1 aliphatic carbocycles. The summed E-state index contributed by atoms with van der Waals surface area (Å²) in [4.78, 5) is 35.8. The van der Waals surface area contributed by atoms with E-state index in [1.807, 2.05) is 12.1 Å². The number of alkyl halides is 1. The van der Waals surface area contributed by atoms with Gasteiger partial charge in [0, 0.05) is 32.7 Å². The minimum absolute atomic E-state index is 0.000272. The van der Waals surface area contributed by atoms with Gasteiger partial charge >= 0.3 is 11.9 Å². The van der Waals surface area contributed by atoms with Crippen molar-refractivity contribution in [1.29, 1.82) is 0 Å². The molecule has 3 heterocycles. The number of ether oxygens (including phenoxy) is 4. The van der Waals surface area contributed by atoms with Gasteiger partial charge in [0.25, 0.3) is 0 Å². The summed E-state index contributed by atoms with van der Waals surface area (Å²) >= 11 is 2.29. The zero-order valence-corrected chi connectivity index (χ0v) is 26.5. The molecule has 3 unspecified atom stereocenters. The number of aromatic carboxylic acids is 2. The Morgan fingerprint density at radius 3 is 2.02 bits per heavy atom. The van der Waals surface area contributed by atoms with Gasteiger partial charge in [0.2, 0.25) is 0 Å². The topological polar surface area (TPSA) is 144 Å². The Labute approximate surface area is 265 Å². The van der Waals surface area contributed by atoms with Gasteiger partial charge in [0.1, 0.15) is 15.4 Å². The number of aromatic nitrogens is 2. The normalized spacial score (nSPS) is 23.4. The maximum absolute atomic E-state index is 11.5. The lowest BCUT2D eigenvalue weighted by Crippen LogP contribution is -2.40. The van der Waals surface area contributed by atoms with Gasteiger partial charge in [-0.2, -0.15) is 0 Å². The Balaban J connectivity index is 1.39. The van der Waals surface area contributed by atoms with E-state index in [1.165, 1.54) is 12.1 Å². The average molecular weight is 713 g/mol. The minimum atomic E-state index is -1.05. The van der Waals surface area contributed by atoms with Gasteiger partial charge in [0.05, 0.1) is 63.2 Å². The van der Waals surface area contributed by atoms with Crippen LogP contribution in [0.4, 0.5) is 0 Å². The SMILES string of the molecule is O=C(O)c1cccc(CN2CCOCCOCCN(C(I)c3cccc(C(=O)O)n3)CCOC3CCCCC3OCC2)n1. The molecule has 1 saturated carbocycles. The molecule has 1 aliphatic heterocycles. The van der Waals surface area contributed by atoms with Crippen molar-refractivity contribution in [2.45, 2.75) is 48.5 Å². The average Bonchev–Trinajstić information content (AvgIpc) is 3.01. The summed E-state index contributed by atoms with van der Waals surface area (Å²) in [7, 11) is 0. The predicted octanol–water partition coefficient (Wildman–Crippen LogP) is 3.50. The lowest BCUT2D eigenvalue weighted by atomic mass is 9.94. The molecule has 236 valence electrons. The van der Waals surface area contributed by atoms with Crippen molar-refractivity contribution in [3.05, 3.63) is 59.2 Å². The molecule has 3 atom stereocenters. The van der Waals surface area contributed by atoms with E-state index < -0.39 is 11.9 Å². The van der Waals surface area contributed by atoms with Crippen molar-refractivity contribution in [3.8, 4) is 0 Å². The van der Waals surface area contributed by atoms with Crippen molar-refractivity contribution in [2.24, 2.45) is 0 Å². The molecular weight excluding hydrogens is 671 g/mol. The summed E-state index contributed by atoms with van der Waals surface area (Å²) in [5, 5.41) is 18.7. The highest BCUT2D eigenvalue weighted by Gasteiger charge is 2.28. The maximum Gasteiger partial charge on any atom is 0.354 e. The van der Waals surface area contributed by atoms with Crippen LogP contribution >= 0.6 is 22.6 Å². The van der Waals surface area contributed by atoms with Crippen LogP contribution in [0.5, 0.6) is 0 Å². The third kappa shape index (κ3) is 11.0. The number of carbonyl (C=O) groups is 2. The quantitative estimate of drug-likeness (QED) is 0.257. The van der Waals surface area contributed by atoms with Crippen LogP contribution < -0.4 is 0 Å². The number of pyridine rings is 2. The standard InChI is InChI=1S/C30H41IN4O8/c31-28(23-6-4-8-25(33-23)30(38)39)35-13-16-41-20-19-40-15-11-34(21-22-5-3-7-24(32-22)29(36)37)12-17-42-26-9-1-2-10-27(26)43-18-14-35/h3-8,26-28H,1-2,9-21H2,(H,36,37)(H,38,39). The van der Waals surface area contributed by atoms with Crippen molar-refractivity contribution in [2.75, 3.05) is 65.8 Å². The second-order valence-corrected chi connectivity index (χ2v) is 11.7. The highest BCUT2D eigenvalue weighted by Crippen LogP contribution is 2.28. The number of rotatable bonds is 6. The first-order valence-electron chi connectivity index (χ1n) is 14.8. The fraction of sp³-hybridized carbons (Fsp3) is 0.600. The first kappa shape index (κ1) is 33.6. The van der Waals surface area contributed by atoms with E-state index in [0.717, 1.165) is 25.7 Å². The highest BCUT2D eigenvalue weighted by atomic mass is 127. The molecule has 12 nitrogen and oxygen atoms in total. The van der Waals surface area contributed by atoms with Crippen LogP contribution in [0.2, 0.25) is 0 Å². The van der Waals surface area contributed by atoms with Crippen molar-refractivity contribution in [1.82, 2.24) is 19.8 Å². The van der Waals surface area contributed by atoms with Gasteiger partial charge in [-0.05, 0) is 37.1 Å². The van der Waals surface area contributed by atoms with E-state index in [1.54, 1.807) is 12.1 Å². The second-order valence-electron chi connectivity index (χ2n) is 10.5. The first-order chi connectivity index (χ1) is 20.9. The smallest absolute Gasteiger partial charge is 0.354 e. The van der Waals surface area contributed by atoms with Crippen LogP contribution in [-0.4, -0.2) is 120 Å². The molecule has 0 bridgehead atoms. The number of fused-ring (bicyclic) bond motifs is 1. The summed E-state index contributed by atoms with van der Waals surface area (Å²) in [5.74, 6) is -2.09. The van der Waals surface area contributed by atoms with Crippen molar-refractivity contribution < 1.29 is 38.7 Å². The molecule has 2 aliphatic rings. The van der Waals surface area contributed by atoms with Crippen LogP contribution in [0, 0.1) is 0 Å². The fourth-order valence-electron chi connectivity index (χ4n) is 5.21. The van der Waals surface area contributed by atoms with Crippen LogP contribution in [0.1, 0.15) is 62.1 Å². The molecule has 2 N–H and O–H groups in total. The van der Waals surface area contributed by atoms with Crippen molar-refractivity contribution in [3.63, 3.8) is 0 Å². The lowest BCUT2D eigenvalue weighted by Gasteiger charge is -2.34. The van der Waals surface area contributed by atoms with E-state index in [0.29, 0.717) is 83.8 Å². The van der Waals surface area contributed by atoms with Crippen molar-refractivity contribution >= 4 is 34.5 Å². The largest absolute Gasteiger partial charge is 0.477 e. The van der Waals surface area contributed by atoms with Gasteiger partial charge < -0.3 is 29.2 Å². The summed E-state index contributed by atoms with van der Waals surface area (Å²) in [6.07, 6.45) is 4.07. The van der Waals surface area contributed by atoms with Gasteiger partial charge in [-0.25, -0.2) is 19.6 Å². The Morgan fingerprint density at radius 1 is 0.791 bits per heavy atom. The third-order valence-corrected chi connectivity index (χ3v) is 8.93. The van der Waals surface area contributed by atoms with Gasteiger partial charge in [-0.3, -0.25) is 9.80 Å². The number of hydrogen-bond acceptors (Lipinski definition) is 10. The molecule has 0 spiro atoms.